The number of benzene rings is 6. The second kappa shape index (κ2) is 27.8. The molecule has 0 fully saturated rings. The first-order chi connectivity index (χ1) is 36.6. The Morgan fingerprint density at radius 3 is 0.776 bits per heavy atom. The molecule has 0 aliphatic rings. The van der Waals surface area contributed by atoms with Gasteiger partial charge in [0, 0.05) is 34.1 Å². The van der Waals surface area contributed by atoms with Crippen LogP contribution < -0.4 is 9.80 Å². The molecule has 0 aromatic heterocycles. The van der Waals surface area contributed by atoms with E-state index in [2.05, 4.69) is 86.4 Å². The summed E-state index contributed by atoms with van der Waals surface area (Å²) in [5.74, 6) is -2.04. The summed E-state index contributed by atoms with van der Waals surface area (Å²) in [6.45, 7) is 20.5. The van der Waals surface area contributed by atoms with Gasteiger partial charge in [-0.05, 0) is 131 Å². The fraction of sp³-hybridized carbons (Fsp3) is 0.226. The second-order valence-corrected chi connectivity index (χ2v) is 17.7. The third-order valence-electron chi connectivity index (χ3n) is 12.1. The molecular formula is C62H64N2O12. The van der Waals surface area contributed by atoms with E-state index < -0.39 is 23.9 Å². The third kappa shape index (κ3) is 15.3. The highest BCUT2D eigenvalue weighted by Crippen LogP contribution is 2.41. The smallest absolute Gasteiger partial charge is 0.335 e. The summed E-state index contributed by atoms with van der Waals surface area (Å²) >= 11 is 0. The zero-order valence-electron chi connectivity index (χ0n) is 44.0. The molecule has 394 valence electrons. The normalized spacial score (nSPS) is 10.8. The van der Waals surface area contributed by atoms with Gasteiger partial charge in [0.2, 0.25) is 0 Å². The van der Waals surface area contributed by atoms with Crippen LogP contribution in [0.25, 0.3) is 11.1 Å². The van der Waals surface area contributed by atoms with E-state index in [1.165, 1.54) is 28.4 Å². The number of carbonyl (C=O) groups excluding carboxylic acids is 4. The van der Waals surface area contributed by atoms with Gasteiger partial charge < -0.3 is 47.7 Å². The SMILES string of the molecule is C=C(COCc1ccc(N(c2ccc(COCC(=C)C(=O)OC)cc2)c2ccc(-c3ccc(N(c4ccc(COCC(=C)C(=O)OC)cc4)c4ccc(COCC(=C)C(=O)OC)cc4)c(C)c3)cc2C)cc1)C(=O)OC. The fourth-order valence-electron chi connectivity index (χ4n) is 7.97. The Morgan fingerprint density at radius 2 is 0.579 bits per heavy atom. The Labute approximate surface area is 445 Å². The third-order valence-corrected chi connectivity index (χ3v) is 12.1. The van der Waals surface area contributed by atoms with Gasteiger partial charge in [0.1, 0.15) is 0 Å². The van der Waals surface area contributed by atoms with Crippen molar-refractivity contribution < 1.29 is 57.1 Å². The molecule has 0 saturated carbocycles. The second-order valence-electron chi connectivity index (χ2n) is 17.7. The number of hydrogen-bond acceptors (Lipinski definition) is 14. The summed E-state index contributed by atoms with van der Waals surface area (Å²) in [4.78, 5) is 51.7. The van der Waals surface area contributed by atoms with E-state index in [0.29, 0.717) is 0 Å². The first-order valence-electron chi connectivity index (χ1n) is 24.2. The monoisotopic (exact) mass is 1030 g/mol. The van der Waals surface area contributed by atoms with Crippen LogP contribution in [-0.4, -0.2) is 78.7 Å². The zero-order valence-corrected chi connectivity index (χ0v) is 44.0. The lowest BCUT2D eigenvalue weighted by Crippen LogP contribution is -2.12. The topological polar surface area (TPSA) is 149 Å². The summed E-state index contributed by atoms with van der Waals surface area (Å²) in [6, 6.07) is 45.0. The molecule has 0 heterocycles. The largest absolute Gasteiger partial charge is 0.466 e. The van der Waals surface area contributed by atoms with Crippen molar-refractivity contribution in [2.24, 2.45) is 0 Å². The molecule has 6 aromatic rings. The van der Waals surface area contributed by atoms with Crippen LogP contribution in [0.3, 0.4) is 0 Å². The van der Waals surface area contributed by atoms with Crippen molar-refractivity contribution in [2.45, 2.75) is 40.3 Å². The molecule has 0 aliphatic carbocycles. The first kappa shape index (κ1) is 56.9. The summed E-state index contributed by atoms with van der Waals surface area (Å²) in [6.07, 6.45) is 0. The van der Waals surface area contributed by atoms with Crippen molar-refractivity contribution in [1.82, 2.24) is 0 Å². The number of ether oxygens (including phenoxy) is 8. The predicted molar refractivity (Wildman–Crippen MR) is 294 cm³/mol. The van der Waals surface area contributed by atoms with Crippen LogP contribution in [0.15, 0.2) is 182 Å². The van der Waals surface area contributed by atoms with E-state index in [1.54, 1.807) is 0 Å². The number of carbonyl (C=O) groups is 4. The van der Waals surface area contributed by atoms with Crippen molar-refractivity contribution in [3.8, 4) is 11.1 Å². The molecule has 0 unspecified atom stereocenters. The Bertz CT molecular complexity index is 2670. The molecule has 0 amide bonds. The molecule has 0 N–H and O–H groups in total. The number of methoxy groups -OCH3 is 4. The van der Waals surface area contributed by atoms with Crippen molar-refractivity contribution in [3.05, 3.63) is 215 Å². The van der Waals surface area contributed by atoms with Gasteiger partial charge in [-0.2, -0.15) is 0 Å². The Hall–Kier alpha value is -8.40. The highest BCUT2D eigenvalue weighted by Gasteiger charge is 2.20. The van der Waals surface area contributed by atoms with Crippen molar-refractivity contribution in [1.29, 1.82) is 0 Å². The molecule has 0 saturated heterocycles. The number of hydrogen-bond donors (Lipinski definition) is 0. The molecule has 14 heteroatoms. The van der Waals surface area contributed by atoms with Gasteiger partial charge in [0.05, 0.1) is 104 Å². The van der Waals surface area contributed by atoms with E-state index in [1.807, 2.05) is 97.1 Å². The van der Waals surface area contributed by atoms with Crippen molar-refractivity contribution in [3.63, 3.8) is 0 Å². The fourth-order valence-corrected chi connectivity index (χ4v) is 7.97. The maximum absolute atomic E-state index is 11.8. The molecule has 0 radical (unpaired) electrons. The predicted octanol–water partition coefficient (Wildman–Crippen LogP) is 11.9. The van der Waals surface area contributed by atoms with E-state index in [9.17, 15) is 19.2 Å². The van der Waals surface area contributed by atoms with Gasteiger partial charge in [-0.1, -0.05) is 87.0 Å². The lowest BCUT2D eigenvalue weighted by atomic mass is 9.98. The van der Waals surface area contributed by atoms with Gasteiger partial charge >= 0.3 is 23.9 Å². The molecule has 0 bridgehead atoms. The minimum absolute atomic E-state index is 0.0495. The summed E-state index contributed by atoms with van der Waals surface area (Å²) < 4.78 is 42.1. The molecule has 6 aromatic carbocycles. The van der Waals surface area contributed by atoms with E-state index in [0.717, 1.165) is 78.6 Å². The first-order valence-corrected chi connectivity index (χ1v) is 24.2. The number of anilines is 6. The maximum Gasteiger partial charge on any atom is 0.335 e. The van der Waals surface area contributed by atoms with Crippen LogP contribution in [0.2, 0.25) is 0 Å². The Kier molecular flexibility index (Phi) is 20.8. The van der Waals surface area contributed by atoms with Gasteiger partial charge in [-0.25, -0.2) is 19.2 Å². The summed E-state index contributed by atoms with van der Waals surface area (Å²) in [7, 11) is 5.24. The van der Waals surface area contributed by atoms with Crippen molar-refractivity contribution in [2.75, 3.05) is 64.7 Å². The number of rotatable bonds is 27. The molecule has 0 aliphatic heterocycles. The number of aryl methyl sites for hydroxylation is 2. The van der Waals surface area contributed by atoms with Crippen LogP contribution in [0, 0.1) is 13.8 Å². The summed E-state index contributed by atoms with van der Waals surface area (Å²) in [5, 5.41) is 0. The Morgan fingerprint density at radius 1 is 0.355 bits per heavy atom. The van der Waals surface area contributed by atoms with Crippen LogP contribution >= 0.6 is 0 Å². The van der Waals surface area contributed by atoms with Gasteiger partial charge in [-0.3, -0.25) is 0 Å². The van der Waals surface area contributed by atoms with Crippen LogP contribution in [0.5, 0.6) is 0 Å². The average Bonchev–Trinajstić information content (AvgIpc) is 3.44. The summed E-state index contributed by atoms with van der Waals surface area (Å²) in [5.41, 5.74) is 14.3. The molecular weight excluding hydrogens is 965 g/mol. The maximum atomic E-state index is 11.8. The minimum Gasteiger partial charge on any atom is -0.466 e. The van der Waals surface area contributed by atoms with Gasteiger partial charge in [-0.15, -0.1) is 0 Å². The highest BCUT2D eigenvalue weighted by molar-refractivity contribution is 5.89. The van der Waals surface area contributed by atoms with Crippen LogP contribution in [-0.2, 0) is 83.5 Å². The van der Waals surface area contributed by atoms with E-state index >= 15 is 0 Å². The van der Waals surface area contributed by atoms with E-state index in [4.69, 9.17) is 37.9 Å². The minimum atomic E-state index is -0.509. The van der Waals surface area contributed by atoms with E-state index in [-0.39, 0.29) is 75.1 Å². The van der Waals surface area contributed by atoms with Crippen LogP contribution in [0.4, 0.5) is 34.1 Å². The lowest BCUT2D eigenvalue weighted by molar-refractivity contribution is -0.137. The van der Waals surface area contributed by atoms with Gasteiger partial charge in [0.15, 0.2) is 0 Å². The molecule has 0 atom stereocenters. The van der Waals surface area contributed by atoms with Crippen LogP contribution in [0.1, 0.15) is 33.4 Å². The van der Waals surface area contributed by atoms with Gasteiger partial charge in [0.25, 0.3) is 0 Å². The highest BCUT2D eigenvalue weighted by atomic mass is 16.5. The molecule has 14 nitrogen and oxygen atoms in total. The quantitative estimate of drug-likeness (QED) is 0.0274. The molecule has 76 heavy (non-hydrogen) atoms. The molecule has 6 rings (SSSR count). The number of esters is 4. The number of nitrogens with zero attached hydrogens (tertiary/aromatic N) is 2. The standard InChI is InChI=1S/C62H64N2O12/c1-41-31-51(19-29-57(41)63(53-21-11-47(12-22-53)37-73-33-43(3)59(65)69-7)54-23-13-48(14-24-54)38-74-34-44(4)60(66)70-8)52-20-30-58(42(2)32-52)64(55-25-15-49(16-26-55)39-75-35-45(5)61(67)71-9)56-27-17-50(18-28-56)40-76-36-46(6)62(68)72-10/h11-32H,3-6,33-40H2,1-2,7-10H3. The zero-order chi connectivity index (χ0) is 54.7. The Balaban J connectivity index is 1.28. The molecule has 0 spiro atoms. The van der Waals surface area contributed by atoms with Crippen molar-refractivity contribution >= 4 is 58.0 Å². The average molecular weight is 1030 g/mol. The lowest BCUT2D eigenvalue weighted by Gasteiger charge is -2.28.